The zero-order valence-corrected chi connectivity index (χ0v) is 13.3. The van der Waals surface area contributed by atoms with Crippen molar-refractivity contribution in [2.75, 3.05) is 5.75 Å². The minimum atomic E-state index is -3.63. The van der Waals surface area contributed by atoms with Crippen molar-refractivity contribution in [1.82, 2.24) is 0 Å². The fourth-order valence-electron chi connectivity index (χ4n) is 3.71. The van der Waals surface area contributed by atoms with Gasteiger partial charge >= 0.3 is 5.97 Å². The number of rotatable bonds is 2. The lowest BCUT2D eigenvalue weighted by Crippen LogP contribution is -2.42. The molecule has 0 bridgehead atoms. The standard InChI is InChI=1S/C14H25NO4S/c1-13(2,3)10-4-6-14(7-5-10)8-12(16)19-11(14)9-20(15,17)18/h10-11H,4-9H2,1-3H3,(H2,15,17,18). The van der Waals surface area contributed by atoms with Crippen LogP contribution in [0.25, 0.3) is 0 Å². The molecule has 1 atom stereocenters. The van der Waals surface area contributed by atoms with Crippen molar-refractivity contribution >= 4 is 16.0 Å². The summed E-state index contributed by atoms with van der Waals surface area (Å²) < 4.78 is 27.9. The summed E-state index contributed by atoms with van der Waals surface area (Å²) in [6.45, 7) is 6.69. The Kier molecular flexibility index (Phi) is 3.93. The van der Waals surface area contributed by atoms with Gasteiger partial charge in [0.1, 0.15) is 11.9 Å². The van der Waals surface area contributed by atoms with Crippen molar-refractivity contribution in [1.29, 1.82) is 0 Å². The first kappa shape index (κ1) is 15.8. The molecule has 0 radical (unpaired) electrons. The van der Waals surface area contributed by atoms with Gasteiger partial charge in [-0.25, -0.2) is 13.6 Å². The van der Waals surface area contributed by atoms with E-state index in [9.17, 15) is 13.2 Å². The van der Waals surface area contributed by atoms with E-state index in [2.05, 4.69) is 20.8 Å². The quantitative estimate of drug-likeness (QED) is 0.788. The number of hydrogen-bond donors (Lipinski definition) is 1. The average Bonchev–Trinajstić information content (AvgIpc) is 2.51. The molecule has 1 heterocycles. The SMILES string of the molecule is CC(C)(C)C1CCC2(CC1)CC(=O)OC2CS(N)(=O)=O. The molecule has 0 aromatic rings. The highest BCUT2D eigenvalue weighted by molar-refractivity contribution is 7.89. The lowest BCUT2D eigenvalue weighted by Gasteiger charge is -2.43. The normalized spacial score (nSPS) is 35.3. The molecule has 1 saturated carbocycles. The summed E-state index contributed by atoms with van der Waals surface area (Å²) >= 11 is 0. The van der Waals surface area contributed by atoms with Crippen molar-refractivity contribution in [3.8, 4) is 0 Å². The summed E-state index contributed by atoms with van der Waals surface area (Å²) in [6, 6.07) is 0. The van der Waals surface area contributed by atoms with E-state index < -0.39 is 16.1 Å². The molecule has 1 spiro atoms. The number of esters is 1. The summed E-state index contributed by atoms with van der Waals surface area (Å²) in [7, 11) is -3.63. The molecule has 0 aromatic carbocycles. The Morgan fingerprint density at radius 3 is 2.30 bits per heavy atom. The molecule has 116 valence electrons. The van der Waals surface area contributed by atoms with Crippen molar-refractivity contribution in [3.05, 3.63) is 0 Å². The highest BCUT2D eigenvalue weighted by atomic mass is 32.2. The minimum Gasteiger partial charge on any atom is -0.461 e. The molecule has 6 heteroatoms. The highest BCUT2D eigenvalue weighted by Crippen LogP contribution is 2.52. The molecule has 20 heavy (non-hydrogen) atoms. The van der Waals surface area contributed by atoms with Crippen molar-refractivity contribution in [2.45, 2.75) is 59.0 Å². The van der Waals surface area contributed by atoms with Crippen molar-refractivity contribution in [3.63, 3.8) is 0 Å². The largest absolute Gasteiger partial charge is 0.461 e. The molecule has 2 aliphatic rings. The Morgan fingerprint density at radius 1 is 1.30 bits per heavy atom. The van der Waals surface area contributed by atoms with Gasteiger partial charge in [0, 0.05) is 5.41 Å². The fraction of sp³-hybridized carbons (Fsp3) is 0.929. The third-order valence-corrected chi connectivity index (χ3v) is 5.81. The van der Waals surface area contributed by atoms with Gasteiger partial charge in [0.15, 0.2) is 0 Å². The molecule has 2 rings (SSSR count). The van der Waals surface area contributed by atoms with Crippen LogP contribution in [0.4, 0.5) is 0 Å². The van der Waals surface area contributed by atoms with E-state index in [4.69, 9.17) is 9.88 Å². The number of hydrogen-bond acceptors (Lipinski definition) is 4. The Labute approximate surface area is 121 Å². The number of primary sulfonamides is 1. The average molecular weight is 303 g/mol. The summed E-state index contributed by atoms with van der Waals surface area (Å²) in [5, 5.41) is 5.13. The lowest BCUT2D eigenvalue weighted by atomic mass is 9.62. The maximum atomic E-state index is 11.6. The van der Waals surface area contributed by atoms with E-state index in [-0.39, 0.29) is 22.6 Å². The van der Waals surface area contributed by atoms with Crippen LogP contribution in [-0.2, 0) is 19.6 Å². The van der Waals surface area contributed by atoms with Crippen LogP contribution in [0.2, 0.25) is 0 Å². The topological polar surface area (TPSA) is 86.5 Å². The molecule has 1 aliphatic heterocycles. The zero-order valence-electron chi connectivity index (χ0n) is 12.5. The maximum absolute atomic E-state index is 11.6. The van der Waals surface area contributed by atoms with E-state index in [0.29, 0.717) is 12.3 Å². The number of carbonyl (C=O) groups excluding carboxylic acids is 1. The smallest absolute Gasteiger partial charge is 0.306 e. The second-order valence-corrected chi connectivity index (χ2v) is 9.15. The molecule has 2 fully saturated rings. The van der Waals surface area contributed by atoms with Gasteiger partial charge < -0.3 is 4.74 Å². The van der Waals surface area contributed by atoms with Gasteiger partial charge in [-0.2, -0.15) is 0 Å². The Bertz CT molecular complexity index is 484. The molecular weight excluding hydrogens is 278 g/mol. The first-order valence-electron chi connectivity index (χ1n) is 7.22. The lowest BCUT2D eigenvalue weighted by molar-refractivity contribution is -0.141. The zero-order chi connectivity index (χ0) is 15.2. The van der Waals surface area contributed by atoms with Crippen LogP contribution in [0.15, 0.2) is 0 Å². The van der Waals surface area contributed by atoms with Crippen LogP contribution in [0.5, 0.6) is 0 Å². The van der Waals surface area contributed by atoms with E-state index >= 15 is 0 Å². The van der Waals surface area contributed by atoms with Crippen LogP contribution < -0.4 is 5.14 Å². The number of sulfonamides is 1. The molecule has 1 saturated heterocycles. The Morgan fingerprint density at radius 2 is 1.85 bits per heavy atom. The van der Waals surface area contributed by atoms with Gasteiger partial charge in [-0.3, -0.25) is 4.79 Å². The summed E-state index contributed by atoms with van der Waals surface area (Å²) in [6.07, 6.45) is 3.50. The second kappa shape index (κ2) is 4.98. The predicted octanol–water partition coefficient (Wildman–Crippen LogP) is 1.81. The predicted molar refractivity (Wildman–Crippen MR) is 76.3 cm³/mol. The van der Waals surface area contributed by atoms with Crippen molar-refractivity contribution < 1.29 is 17.9 Å². The van der Waals surface area contributed by atoms with E-state index in [0.717, 1.165) is 25.7 Å². The van der Waals surface area contributed by atoms with E-state index in [1.54, 1.807) is 0 Å². The molecular formula is C14H25NO4S. The Hall–Kier alpha value is -0.620. The molecule has 2 N–H and O–H groups in total. The Balaban J connectivity index is 2.12. The number of ether oxygens (including phenoxy) is 1. The fourth-order valence-corrected chi connectivity index (χ4v) is 4.55. The monoisotopic (exact) mass is 303 g/mol. The van der Waals surface area contributed by atoms with Gasteiger partial charge in [0.2, 0.25) is 10.0 Å². The van der Waals surface area contributed by atoms with Crippen molar-refractivity contribution in [2.24, 2.45) is 21.9 Å². The summed E-state index contributed by atoms with van der Waals surface area (Å²) in [5.41, 5.74) is -0.0637. The summed E-state index contributed by atoms with van der Waals surface area (Å²) in [4.78, 5) is 11.6. The molecule has 0 amide bonds. The molecule has 1 aliphatic carbocycles. The molecule has 0 aromatic heterocycles. The summed E-state index contributed by atoms with van der Waals surface area (Å²) in [5.74, 6) is 0.0747. The third kappa shape index (κ3) is 3.34. The van der Waals surface area contributed by atoms with Gasteiger partial charge in [0.25, 0.3) is 0 Å². The first-order chi connectivity index (χ1) is 9.02. The molecule has 1 unspecified atom stereocenters. The van der Waals surface area contributed by atoms with E-state index in [1.807, 2.05) is 0 Å². The van der Waals surface area contributed by atoms with Crippen LogP contribution >= 0.6 is 0 Å². The van der Waals surface area contributed by atoms with Crippen LogP contribution in [0, 0.1) is 16.7 Å². The van der Waals surface area contributed by atoms with Gasteiger partial charge in [-0.05, 0) is 37.0 Å². The van der Waals surface area contributed by atoms with Gasteiger partial charge in [0.05, 0.1) is 6.42 Å². The van der Waals surface area contributed by atoms with E-state index in [1.165, 1.54) is 0 Å². The number of nitrogens with two attached hydrogens (primary N) is 1. The third-order valence-electron chi connectivity index (χ3n) is 5.04. The molecule has 5 nitrogen and oxygen atoms in total. The van der Waals surface area contributed by atoms with Crippen LogP contribution in [0.3, 0.4) is 0 Å². The first-order valence-corrected chi connectivity index (χ1v) is 8.93. The van der Waals surface area contributed by atoms with Gasteiger partial charge in [-0.15, -0.1) is 0 Å². The number of carbonyl (C=O) groups is 1. The van der Waals surface area contributed by atoms with Crippen LogP contribution in [0.1, 0.15) is 52.9 Å². The van der Waals surface area contributed by atoms with Crippen LogP contribution in [-0.4, -0.2) is 26.2 Å². The second-order valence-electron chi connectivity index (χ2n) is 7.49. The maximum Gasteiger partial charge on any atom is 0.306 e. The highest BCUT2D eigenvalue weighted by Gasteiger charge is 2.52. The number of cyclic esters (lactones) is 1. The van der Waals surface area contributed by atoms with Gasteiger partial charge in [-0.1, -0.05) is 20.8 Å². The minimum absolute atomic E-state index is 0.251.